The Morgan fingerprint density at radius 2 is 2.03 bits per heavy atom. The molecule has 2 atom stereocenters. The topological polar surface area (TPSA) is 93.5 Å². The first-order chi connectivity index (χ1) is 15.3. The van der Waals surface area contributed by atoms with Crippen LogP contribution in [0.1, 0.15) is 88.4 Å². The van der Waals surface area contributed by atoms with Gasteiger partial charge < -0.3 is 19.7 Å². The average Bonchev–Trinajstić information content (AvgIpc) is 3.36. The van der Waals surface area contributed by atoms with Gasteiger partial charge in [0.05, 0.1) is 23.6 Å². The number of aromatic nitrogens is 2. The van der Waals surface area contributed by atoms with Crippen molar-refractivity contribution < 1.29 is 19.4 Å². The number of nitrogens with zero attached hydrogens (tertiary/aromatic N) is 2. The van der Waals surface area contributed by atoms with Gasteiger partial charge in [-0.1, -0.05) is 27.7 Å². The van der Waals surface area contributed by atoms with Gasteiger partial charge in [-0.3, -0.25) is 9.59 Å². The Bertz CT molecular complexity index is 927. The van der Waals surface area contributed by atoms with Crippen molar-refractivity contribution in [3.05, 3.63) is 29.6 Å². The summed E-state index contributed by atoms with van der Waals surface area (Å²) in [5.41, 5.74) is 2.35. The van der Waals surface area contributed by atoms with Gasteiger partial charge in [-0.25, -0.2) is 4.98 Å². The molecule has 1 aromatic heterocycles. The molecular weight excluding hydrogens is 406 g/mol. The lowest BCUT2D eigenvalue weighted by molar-refractivity contribution is -0.137. The lowest BCUT2D eigenvalue weighted by Crippen LogP contribution is -2.37. The number of amides is 1. The van der Waals surface area contributed by atoms with Crippen LogP contribution in [0.15, 0.2) is 18.2 Å². The monoisotopic (exact) mass is 443 g/mol. The third kappa shape index (κ3) is 5.88. The van der Waals surface area contributed by atoms with E-state index in [0.717, 1.165) is 55.6 Å². The maximum Gasteiger partial charge on any atom is 0.305 e. The second-order valence-electron chi connectivity index (χ2n) is 9.31. The fourth-order valence-electron chi connectivity index (χ4n) is 4.75. The minimum Gasteiger partial charge on any atom is -0.481 e. The zero-order chi connectivity index (χ0) is 23.3. The van der Waals surface area contributed by atoms with E-state index in [1.165, 1.54) is 0 Å². The molecule has 0 spiro atoms. The molecule has 2 aromatic rings. The van der Waals surface area contributed by atoms with Gasteiger partial charge in [0.15, 0.2) is 0 Å². The van der Waals surface area contributed by atoms with Crippen LogP contribution < -0.4 is 5.32 Å². The number of carboxylic acid groups (broad SMARTS) is 1. The number of hydrogen-bond donors (Lipinski definition) is 2. The first-order valence-corrected chi connectivity index (χ1v) is 12.0. The SMILES string of the molecule is CCC(CC)n1c(C[C@@H]2CCCO2)nc2cc(C(=O)NC(CC(=O)O)CC(C)C)ccc21. The smallest absolute Gasteiger partial charge is 0.305 e. The number of hydrogen-bond acceptors (Lipinski definition) is 4. The van der Waals surface area contributed by atoms with E-state index in [2.05, 4.69) is 23.7 Å². The van der Waals surface area contributed by atoms with Gasteiger partial charge in [-0.2, -0.15) is 0 Å². The lowest BCUT2D eigenvalue weighted by Gasteiger charge is -2.20. The molecule has 2 N–H and O–H groups in total. The predicted octanol–water partition coefficient (Wildman–Crippen LogP) is 4.74. The maximum atomic E-state index is 12.9. The van der Waals surface area contributed by atoms with Crippen molar-refractivity contribution in [3.8, 4) is 0 Å². The molecule has 1 saturated heterocycles. The normalized spacial score (nSPS) is 17.4. The van der Waals surface area contributed by atoms with Crippen molar-refractivity contribution in [2.24, 2.45) is 5.92 Å². The van der Waals surface area contributed by atoms with E-state index in [9.17, 15) is 14.7 Å². The molecule has 1 aliphatic heterocycles. The predicted molar refractivity (Wildman–Crippen MR) is 125 cm³/mol. The lowest BCUT2D eigenvalue weighted by atomic mass is 10.0. The molecule has 0 saturated carbocycles. The summed E-state index contributed by atoms with van der Waals surface area (Å²) >= 11 is 0. The average molecular weight is 444 g/mol. The molecule has 7 nitrogen and oxygen atoms in total. The van der Waals surface area contributed by atoms with E-state index in [1.807, 2.05) is 32.0 Å². The van der Waals surface area contributed by atoms with Crippen LogP contribution in [-0.4, -0.2) is 45.3 Å². The Morgan fingerprint density at radius 3 is 2.62 bits per heavy atom. The first-order valence-electron chi connectivity index (χ1n) is 12.0. The van der Waals surface area contributed by atoms with Gasteiger partial charge >= 0.3 is 5.97 Å². The Morgan fingerprint density at radius 1 is 1.28 bits per heavy atom. The molecule has 1 amide bonds. The van der Waals surface area contributed by atoms with Crippen molar-refractivity contribution in [1.82, 2.24) is 14.9 Å². The van der Waals surface area contributed by atoms with E-state index >= 15 is 0 Å². The Hall–Kier alpha value is -2.41. The van der Waals surface area contributed by atoms with E-state index < -0.39 is 12.0 Å². The Kier molecular flexibility index (Phi) is 8.29. The van der Waals surface area contributed by atoms with Crippen LogP contribution in [0.4, 0.5) is 0 Å². The van der Waals surface area contributed by atoms with Crippen LogP contribution >= 0.6 is 0 Å². The standard InChI is InChI=1S/C25H37N3O4/c1-5-19(6-2)28-22-10-9-17(25(31)26-18(12-16(3)4)14-24(29)30)13-21(22)27-23(28)15-20-8-7-11-32-20/h9-10,13,16,18-20H,5-8,11-12,14-15H2,1-4H3,(H,26,31)(H,29,30)/t18?,20-/m0/s1. The summed E-state index contributed by atoms with van der Waals surface area (Å²) in [7, 11) is 0. The van der Waals surface area contributed by atoms with Crippen molar-refractivity contribution in [2.75, 3.05) is 6.61 Å². The second-order valence-corrected chi connectivity index (χ2v) is 9.31. The van der Waals surface area contributed by atoms with E-state index in [4.69, 9.17) is 9.72 Å². The summed E-state index contributed by atoms with van der Waals surface area (Å²) in [5.74, 6) is 0.144. The first kappa shape index (κ1) is 24.2. The van der Waals surface area contributed by atoms with Crippen LogP contribution in [0.2, 0.25) is 0 Å². The summed E-state index contributed by atoms with van der Waals surface area (Å²) in [4.78, 5) is 29.1. The number of carbonyl (C=O) groups is 2. The quantitative estimate of drug-likeness (QED) is 0.523. The third-order valence-corrected chi connectivity index (χ3v) is 6.28. The molecule has 1 aliphatic rings. The highest BCUT2D eigenvalue weighted by atomic mass is 16.5. The Labute approximate surface area is 190 Å². The van der Waals surface area contributed by atoms with Gasteiger partial charge in [0.1, 0.15) is 5.82 Å². The number of carbonyl (C=O) groups excluding carboxylic acids is 1. The number of carboxylic acids is 1. The summed E-state index contributed by atoms with van der Waals surface area (Å²) < 4.78 is 8.18. The van der Waals surface area contributed by atoms with E-state index in [0.29, 0.717) is 23.9 Å². The minimum atomic E-state index is -0.908. The molecule has 1 fully saturated rings. The number of rotatable bonds is 11. The van der Waals surface area contributed by atoms with Crippen molar-refractivity contribution in [1.29, 1.82) is 0 Å². The molecule has 1 unspecified atom stereocenters. The molecule has 0 radical (unpaired) electrons. The van der Waals surface area contributed by atoms with Gasteiger partial charge in [0.2, 0.25) is 0 Å². The number of ether oxygens (including phenoxy) is 1. The van der Waals surface area contributed by atoms with Crippen molar-refractivity contribution in [2.45, 2.75) is 90.8 Å². The summed E-state index contributed by atoms with van der Waals surface area (Å²) in [6, 6.07) is 5.58. The zero-order valence-corrected chi connectivity index (χ0v) is 19.8. The second kappa shape index (κ2) is 10.9. The van der Waals surface area contributed by atoms with Gasteiger partial charge in [-0.15, -0.1) is 0 Å². The van der Waals surface area contributed by atoms with Crippen LogP contribution in [-0.2, 0) is 16.0 Å². The van der Waals surface area contributed by atoms with Gasteiger partial charge in [0.25, 0.3) is 5.91 Å². The number of nitrogens with one attached hydrogen (secondary N) is 1. The minimum absolute atomic E-state index is 0.0823. The molecule has 2 heterocycles. The third-order valence-electron chi connectivity index (χ3n) is 6.28. The highest BCUT2D eigenvalue weighted by Crippen LogP contribution is 2.28. The molecule has 3 rings (SSSR count). The van der Waals surface area contributed by atoms with Gasteiger partial charge in [-0.05, 0) is 56.2 Å². The largest absolute Gasteiger partial charge is 0.481 e. The van der Waals surface area contributed by atoms with Crippen LogP contribution in [0.25, 0.3) is 11.0 Å². The van der Waals surface area contributed by atoms with Crippen LogP contribution in [0.3, 0.4) is 0 Å². The summed E-state index contributed by atoms with van der Waals surface area (Å²) in [6.07, 6.45) is 5.69. The van der Waals surface area contributed by atoms with Crippen molar-refractivity contribution in [3.63, 3.8) is 0 Å². The molecular formula is C25H37N3O4. The maximum absolute atomic E-state index is 12.9. The fourth-order valence-corrected chi connectivity index (χ4v) is 4.75. The van der Waals surface area contributed by atoms with Crippen LogP contribution in [0.5, 0.6) is 0 Å². The van der Waals surface area contributed by atoms with Crippen LogP contribution in [0, 0.1) is 5.92 Å². The van der Waals surface area contributed by atoms with E-state index in [1.54, 1.807) is 0 Å². The molecule has 32 heavy (non-hydrogen) atoms. The fraction of sp³-hybridized carbons (Fsp3) is 0.640. The summed E-state index contributed by atoms with van der Waals surface area (Å²) in [6.45, 7) is 9.23. The molecule has 1 aromatic carbocycles. The van der Waals surface area contributed by atoms with E-state index in [-0.39, 0.29) is 18.4 Å². The zero-order valence-electron chi connectivity index (χ0n) is 19.8. The molecule has 7 heteroatoms. The molecule has 0 aliphatic carbocycles. The molecule has 176 valence electrons. The number of fused-ring (bicyclic) bond motifs is 1. The number of benzene rings is 1. The van der Waals surface area contributed by atoms with Gasteiger partial charge in [0, 0.05) is 30.7 Å². The highest BCUT2D eigenvalue weighted by molar-refractivity contribution is 5.97. The number of aliphatic carboxylic acids is 1. The molecule has 0 bridgehead atoms. The van der Waals surface area contributed by atoms with Crippen molar-refractivity contribution >= 4 is 22.9 Å². The summed E-state index contributed by atoms with van der Waals surface area (Å²) in [5, 5.41) is 12.1. The number of imidazole rings is 1. The highest BCUT2D eigenvalue weighted by Gasteiger charge is 2.24. The Balaban J connectivity index is 1.89.